The van der Waals surface area contributed by atoms with Crippen LogP contribution >= 0.6 is 11.6 Å². The van der Waals surface area contributed by atoms with E-state index in [1.807, 2.05) is 43.3 Å². The van der Waals surface area contributed by atoms with Crippen molar-refractivity contribution in [1.29, 1.82) is 0 Å². The first-order chi connectivity index (χ1) is 18.0. The molecule has 2 N–H and O–H groups in total. The minimum atomic E-state index is 0.115. The molecule has 2 aromatic carbocycles. The van der Waals surface area contributed by atoms with E-state index in [-0.39, 0.29) is 12.7 Å². The minimum absolute atomic E-state index is 0.115. The first kappa shape index (κ1) is 26.9. The van der Waals surface area contributed by atoms with Crippen molar-refractivity contribution in [3.8, 4) is 11.5 Å². The quantitative estimate of drug-likeness (QED) is 0.352. The Bertz CT molecular complexity index is 1230. The highest BCUT2D eigenvalue weighted by Gasteiger charge is 2.21. The molecule has 0 spiro atoms. The summed E-state index contributed by atoms with van der Waals surface area (Å²) in [6.07, 6.45) is 6.51. The number of aryl methyl sites for hydroxylation is 1. The zero-order valence-corrected chi connectivity index (χ0v) is 22.5. The molecule has 0 atom stereocenters. The van der Waals surface area contributed by atoms with Crippen molar-refractivity contribution in [2.45, 2.75) is 39.2 Å². The van der Waals surface area contributed by atoms with Crippen LogP contribution in [0.1, 0.15) is 43.5 Å². The number of nitrogens with zero attached hydrogens (tertiary/aromatic N) is 3. The van der Waals surface area contributed by atoms with Gasteiger partial charge < -0.3 is 24.8 Å². The Labute approximate surface area is 224 Å². The van der Waals surface area contributed by atoms with Crippen LogP contribution in [0, 0.1) is 0 Å². The van der Waals surface area contributed by atoms with Gasteiger partial charge in [-0.1, -0.05) is 48.9 Å². The summed E-state index contributed by atoms with van der Waals surface area (Å²) in [6, 6.07) is 14.0. The molecule has 0 radical (unpaired) electrons. The molecule has 0 aliphatic carbocycles. The molecule has 1 aromatic heterocycles. The van der Waals surface area contributed by atoms with Crippen LogP contribution in [-0.4, -0.2) is 59.4 Å². The van der Waals surface area contributed by atoms with Gasteiger partial charge in [-0.3, -0.25) is 0 Å². The predicted molar refractivity (Wildman–Crippen MR) is 149 cm³/mol. The summed E-state index contributed by atoms with van der Waals surface area (Å²) in [7, 11) is 1.64. The fraction of sp³-hybridized carbons (Fsp3) is 0.379. The van der Waals surface area contributed by atoms with E-state index in [0.29, 0.717) is 29.0 Å². The normalized spacial score (nSPS) is 15.0. The highest BCUT2D eigenvalue weighted by atomic mass is 35.5. The number of rotatable bonds is 10. The van der Waals surface area contributed by atoms with Crippen LogP contribution in [-0.2, 0) is 6.42 Å². The van der Waals surface area contributed by atoms with Crippen LogP contribution in [0.25, 0.3) is 5.57 Å². The van der Waals surface area contributed by atoms with Crippen LogP contribution in [0.15, 0.2) is 54.7 Å². The number of hydrogen-bond donors (Lipinski definition) is 2. The Kier molecular flexibility index (Phi) is 9.39. The second-order valence-corrected chi connectivity index (χ2v) is 9.42. The molecule has 0 bridgehead atoms. The number of nitrogens with one attached hydrogen (secondary N) is 1. The maximum absolute atomic E-state index is 9.17. The number of hydrogen-bond acceptors (Lipinski definition) is 7. The first-order valence-electron chi connectivity index (χ1n) is 12.8. The molecule has 196 valence electrons. The molecule has 7 nitrogen and oxygen atoms in total. The fourth-order valence-corrected chi connectivity index (χ4v) is 4.86. The van der Waals surface area contributed by atoms with Gasteiger partial charge >= 0.3 is 0 Å². The third kappa shape index (κ3) is 6.80. The van der Waals surface area contributed by atoms with Crippen molar-refractivity contribution in [1.82, 2.24) is 14.9 Å². The van der Waals surface area contributed by atoms with Crippen LogP contribution in [0.5, 0.6) is 11.5 Å². The number of likely N-dealkylation sites (tertiary alicyclic amines) is 1. The van der Waals surface area contributed by atoms with Gasteiger partial charge in [0.1, 0.15) is 17.6 Å². The van der Waals surface area contributed by atoms with Crippen LogP contribution in [0.3, 0.4) is 0 Å². The van der Waals surface area contributed by atoms with Gasteiger partial charge in [-0.25, -0.2) is 9.97 Å². The summed E-state index contributed by atoms with van der Waals surface area (Å²) >= 11 is 6.58. The molecule has 1 aliphatic rings. The summed E-state index contributed by atoms with van der Waals surface area (Å²) in [5.41, 5.74) is 4.75. The first-order valence-corrected chi connectivity index (χ1v) is 13.2. The molecule has 1 aliphatic heterocycles. The van der Waals surface area contributed by atoms with E-state index in [1.165, 1.54) is 5.56 Å². The van der Waals surface area contributed by atoms with Gasteiger partial charge in [0.2, 0.25) is 5.95 Å². The third-order valence-corrected chi connectivity index (χ3v) is 6.88. The average molecular weight is 523 g/mol. The van der Waals surface area contributed by atoms with E-state index in [1.54, 1.807) is 13.3 Å². The minimum Gasteiger partial charge on any atom is -0.497 e. The second-order valence-electron chi connectivity index (χ2n) is 9.01. The van der Waals surface area contributed by atoms with Crippen molar-refractivity contribution < 1.29 is 14.6 Å². The molecular weight excluding hydrogens is 488 g/mol. The molecule has 0 unspecified atom stereocenters. The van der Waals surface area contributed by atoms with Crippen molar-refractivity contribution in [3.63, 3.8) is 0 Å². The monoisotopic (exact) mass is 522 g/mol. The van der Waals surface area contributed by atoms with Gasteiger partial charge in [0.05, 0.1) is 30.6 Å². The summed E-state index contributed by atoms with van der Waals surface area (Å²) in [6.45, 7) is 6.86. The maximum Gasteiger partial charge on any atom is 0.227 e. The molecule has 8 heteroatoms. The summed E-state index contributed by atoms with van der Waals surface area (Å²) in [4.78, 5) is 11.5. The summed E-state index contributed by atoms with van der Waals surface area (Å²) in [5.74, 6) is 1.84. The number of benzene rings is 2. The van der Waals surface area contributed by atoms with E-state index in [4.69, 9.17) is 26.1 Å². The summed E-state index contributed by atoms with van der Waals surface area (Å²) in [5, 5.41) is 13.0. The molecule has 37 heavy (non-hydrogen) atoms. The fourth-order valence-electron chi connectivity index (χ4n) is 4.67. The third-order valence-electron chi connectivity index (χ3n) is 6.60. The van der Waals surface area contributed by atoms with Crippen molar-refractivity contribution >= 4 is 28.8 Å². The number of aliphatic hydroxyl groups excluding tert-OH is 1. The SMILES string of the molecule is C/C=C(\c1ccccc1CC)c1nc(Nc2cc(OC)cc(OC3CCN(CCO)CC3)c2)ncc1Cl. The lowest BCUT2D eigenvalue weighted by Crippen LogP contribution is -2.39. The van der Waals surface area contributed by atoms with Crippen molar-refractivity contribution in [2.75, 3.05) is 38.7 Å². The lowest BCUT2D eigenvalue weighted by atomic mass is 9.95. The molecule has 4 rings (SSSR count). The molecule has 0 saturated carbocycles. The van der Waals surface area contributed by atoms with Gasteiger partial charge in [-0.05, 0) is 37.3 Å². The average Bonchev–Trinajstić information content (AvgIpc) is 2.92. The number of ether oxygens (including phenoxy) is 2. The molecule has 0 amide bonds. The molecule has 1 saturated heterocycles. The number of aliphatic hydroxyl groups is 1. The zero-order valence-electron chi connectivity index (χ0n) is 21.7. The van der Waals surface area contributed by atoms with E-state index in [2.05, 4.69) is 34.3 Å². The number of aromatic nitrogens is 2. The molecule has 2 heterocycles. The summed E-state index contributed by atoms with van der Waals surface area (Å²) < 4.78 is 11.8. The Morgan fingerprint density at radius 1 is 1.19 bits per heavy atom. The van der Waals surface area contributed by atoms with E-state index in [9.17, 15) is 5.11 Å². The number of anilines is 2. The van der Waals surface area contributed by atoms with Crippen LogP contribution < -0.4 is 14.8 Å². The number of β-amino-alcohol motifs (C(OH)–C–C–N with tert-alkyl or cyclic N) is 1. The van der Waals surface area contributed by atoms with Gasteiger partial charge in [-0.2, -0.15) is 0 Å². The van der Waals surface area contributed by atoms with E-state index in [0.717, 1.165) is 54.9 Å². The van der Waals surface area contributed by atoms with Crippen molar-refractivity contribution in [2.24, 2.45) is 0 Å². The topological polar surface area (TPSA) is 79.7 Å². The smallest absolute Gasteiger partial charge is 0.227 e. The van der Waals surface area contributed by atoms with Gasteiger partial charge in [0.25, 0.3) is 0 Å². The van der Waals surface area contributed by atoms with E-state index < -0.39 is 0 Å². The lowest BCUT2D eigenvalue weighted by Gasteiger charge is -2.31. The highest BCUT2D eigenvalue weighted by Crippen LogP contribution is 2.33. The van der Waals surface area contributed by atoms with Crippen LogP contribution in [0.4, 0.5) is 11.6 Å². The number of allylic oxidation sites excluding steroid dienone is 1. The molecule has 1 fully saturated rings. The standard InChI is InChI=1S/C29H35ClN4O3/c1-4-20-8-6-7-9-26(20)25(5-2)28-27(30)19-31-29(33-28)32-21-16-23(36-3)18-24(17-21)37-22-10-12-34(13-11-22)14-15-35/h5-9,16-19,22,35H,4,10-15H2,1-3H3,(H,31,32,33)/b25-5+. The zero-order chi connectivity index (χ0) is 26.2. The second kappa shape index (κ2) is 12.9. The number of halogens is 1. The van der Waals surface area contributed by atoms with Gasteiger partial charge in [-0.15, -0.1) is 0 Å². The predicted octanol–water partition coefficient (Wildman–Crippen LogP) is 5.73. The van der Waals surface area contributed by atoms with Crippen molar-refractivity contribution in [3.05, 3.63) is 76.6 Å². The van der Waals surface area contributed by atoms with Crippen LogP contribution in [0.2, 0.25) is 5.02 Å². The Morgan fingerprint density at radius 3 is 2.65 bits per heavy atom. The van der Waals surface area contributed by atoms with Gasteiger partial charge in [0, 0.05) is 49.1 Å². The largest absolute Gasteiger partial charge is 0.497 e. The Balaban J connectivity index is 1.55. The molecular formula is C29H35ClN4O3. The maximum atomic E-state index is 9.17. The Morgan fingerprint density at radius 2 is 1.95 bits per heavy atom. The number of methoxy groups -OCH3 is 1. The highest BCUT2D eigenvalue weighted by molar-refractivity contribution is 6.32. The lowest BCUT2D eigenvalue weighted by molar-refractivity contribution is 0.0888. The number of piperidine rings is 1. The van der Waals surface area contributed by atoms with Gasteiger partial charge in [0.15, 0.2) is 0 Å². The Hall–Kier alpha value is -3.13. The van der Waals surface area contributed by atoms with E-state index >= 15 is 0 Å². The molecule has 3 aromatic rings.